The molecule has 1 aliphatic rings. The van der Waals surface area contributed by atoms with Crippen molar-refractivity contribution in [3.63, 3.8) is 0 Å². The van der Waals surface area contributed by atoms with Crippen LogP contribution in [0.25, 0.3) is 0 Å². The molecule has 0 aromatic carbocycles. The molecule has 1 N–H and O–H groups in total. The molecule has 0 aromatic heterocycles. The fourth-order valence-electron chi connectivity index (χ4n) is 1.16. The van der Waals surface area contributed by atoms with E-state index in [1.54, 1.807) is 0 Å². The minimum Gasteiger partial charge on any atom is -0.477 e. The fourth-order valence-corrected chi connectivity index (χ4v) is 2.26. The molecular weight excluding hydrogens is 178 g/mol. The number of carboxylic acid groups (broad SMARTS) is 1. The van der Waals surface area contributed by atoms with Crippen LogP contribution in [-0.4, -0.2) is 35.3 Å². The number of carboxylic acids is 1. The Bertz CT molecular complexity index is 223. The zero-order valence-electron chi connectivity index (χ0n) is 7.03. The Labute approximate surface area is 75.1 Å². The first-order valence-electron chi connectivity index (χ1n) is 3.65. The molecule has 1 heterocycles. The number of rotatable bonds is 3. The van der Waals surface area contributed by atoms with E-state index in [1.807, 2.05) is 6.92 Å². The zero-order chi connectivity index (χ0) is 9.19. The van der Waals surface area contributed by atoms with E-state index in [1.165, 1.54) is 19.1 Å². The summed E-state index contributed by atoms with van der Waals surface area (Å²) < 4.78 is 9.03. The number of aliphatic carboxylic acids is 1. The van der Waals surface area contributed by atoms with Gasteiger partial charge in [-0.25, -0.2) is 9.19 Å². The van der Waals surface area contributed by atoms with Gasteiger partial charge in [-0.2, -0.15) is 0 Å². The third-order valence-corrected chi connectivity index (χ3v) is 2.96. The SMILES string of the molecule is CCC1(OC)CSN=C1C(=O)O. The van der Waals surface area contributed by atoms with E-state index in [2.05, 4.69) is 4.40 Å². The Morgan fingerprint density at radius 1 is 1.92 bits per heavy atom. The van der Waals surface area contributed by atoms with Crippen LogP contribution in [0, 0.1) is 0 Å². The van der Waals surface area contributed by atoms with Gasteiger partial charge in [-0.3, -0.25) is 0 Å². The number of carbonyl (C=O) groups is 1. The maximum Gasteiger partial charge on any atom is 0.354 e. The Kier molecular flexibility index (Phi) is 2.74. The number of nitrogens with zero attached hydrogens (tertiary/aromatic N) is 1. The third-order valence-electron chi connectivity index (χ3n) is 2.05. The highest BCUT2D eigenvalue weighted by Crippen LogP contribution is 2.31. The molecule has 4 nitrogen and oxygen atoms in total. The van der Waals surface area contributed by atoms with Crippen LogP contribution >= 0.6 is 11.9 Å². The average Bonchev–Trinajstić information content (AvgIpc) is 2.48. The van der Waals surface area contributed by atoms with Crippen molar-refractivity contribution in [3.05, 3.63) is 0 Å². The first kappa shape index (κ1) is 9.54. The van der Waals surface area contributed by atoms with Crippen LogP contribution in [0.1, 0.15) is 13.3 Å². The number of hydrogen-bond donors (Lipinski definition) is 1. The predicted octanol–water partition coefficient (Wildman–Crippen LogP) is 0.969. The Morgan fingerprint density at radius 3 is 2.92 bits per heavy atom. The normalized spacial score (nSPS) is 28.7. The second kappa shape index (κ2) is 3.45. The zero-order valence-corrected chi connectivity index (χ0v) is 7.85. The Morgan fingerprint density at radius 2 is 2.58 bits per heavy atom. The second-order valence-electron chi connectivity index (χ2n) is 2.57. The van der Waals surface area contributed by atoms with Crippen molar-refractivity contribution in [1.29, 1.82) is 0 Å². The lowest BCUT2D eigenvalue weighted by Gasteiger charge is -2.24. The smallest absolute Gasteiger partial charge is 0.354 e. The van der Waals surface area contributed by atoms with E-state index in [0.717, 1.165) is 0 Å². The van der Waals surface area contributed by atoms with E-state index < -0.39 is 11.6 Å². The van der Waals surface area contributed by atoms with Gasteiger partial charge in [0.25, 0.3) is 0 Å². The summed E-state index contributed by atoms with van der Waals surface area (Å²) in [5.74, 6) is -0.384. The molecule has 0 saturated carbocycles. The van der Waals surface area contributed by atoms with Crippen LogP contribution in [0.4, 0.5) is 0 Å². The Balaban J connectivity index is 2.91. The standard InChI is InChI=1S/C7H11NO3S/c1-3-7(11-2)4-12-8-5(7)6(9)10/h3-4H2,1-2H3,(H,9,10). The van der Waals surface area contributed by atoms with Crippen LogP contribution in [0.15, 0.2) is 4.40 Å². The lowest BCUT2D eigenvalue weighted by Crippen LogP contribution is -2.43. The van der Waals surface area contributed by atoms with Crippen molar-refractivity contribution in [3.8, 4) is 0 Å². The summed E-state index contributed by atoms with van der Waals surface area (Å²) in [6.45, 7) is 1.90. The first-order chi connectivity index (χ1) is 5.66. The van der Waals surface area contributed by atoms with Gasteiger partial charge in [0.2, 0.25) is 0 Å². The molecule has 1 unspecified atom stereocenters. The molecule has 0 fully saturated rings. The summed E-state index contributed by atoms with van der Waals surface area (Å²) in [7, 11) is 1.52. The molecular formula is C7H11NO3S. The van der Waals surface area contributed by atoms with Gasteiger partial charge in [0, 0.05) is 7.11 Å². The van der Waals surface area contributed by atoms with E-state index in [4.69, 9.17) is 9.84 Å². The number of hydrogen-bond acceptors (Lipinski definition) is 4. The molecule has 12 heavy (non-hydrogen) atoms. The molecule has 0 radical (unpaired) electrons. The van der Waals surface area contributed by atoms with Crippen LogP contribution in [0.3, 0.4) is 0 Å². The monoisotopic (exact) mass is 189 g/mol. The van der Waals surface area contributed by atoms with Gasteiger partial charge in [0.1, 0.15) is 5.60 Å². The van der Waals surface area contributed by atoms with Crippen molar-refractivity contribution in [2.75, 3.05) is 12.9 Å². The number of ether oxygens (including phenoxy) is 1. The van der Waals surface area contributed by atoms with Crippen LogP contribution < -0.4 is 0 Å². The molecule has 0 spiro atoms. The van der Waals surface area contributed by atoms with Crippen LogP contribution in [0.5, 0.6) is 0 Å². The lowest BCUT2D eigenvalue weighted by molar-refractivity contribution is -0.130. The summed E-state index contributed by atoms with van der Waals surface area (Å²) in [6.07, 6.45) is 0.641. The molecule has 68 valence electrons. The topological polar surface area (TPSA) is 58.9 Å². The van der Waals surface area contributed by atoms with Gasteiger partial charge in [-0.1, -0.05) is 6.92 Å². The maximum absolute atomic E-state index is 10.7. The van der Waals surface area contributed by atoms with E-state index in [-0.39, 0.29) is 5.71 Å². The average molecular weight is 189 g/mol. The second-order valence-corrected chi connectivity index (χ2v) is 3.30. The maximum atomic E-state index is 10.7. The highest BCUT2D eigenvalue weighted by atomic mass is 32.2. The highest BCUT2D eigenvalue weighted by molar-refractivity contribution is 7.98. The molecule has 1 rings (SSSR count). The van der Waals surface area contributed by atoms with Crippen molar-refractivity contribution >= 4 is 23.6 Å². The van der Waals surface area contributed by atoms with Gasteiger partial charge >= 0.3 is 5.97 Å². The van der Waals surface area contributed by atoms with Gasteiger partial charge < -0.3 is 9.84 Å². The summed E-state index contributed by atoms with van der Waals surface area (Å²) in [4.78, 5) is 10.7. The lowest BCUT2D eigenvalue weighted by atomic mass is 9.96. The predicted molar refractivity (Wildman–Crippen MR) is 47.6 cm³/mol. The molecule has 0 amide bonds. The minimum atomic E-state index is -0.983. The third kappa shape index (κ3) is 1.34. The molecule has 1 aliphatic heterocycles. The Hall–Kier alpha value is -0.550. The van der Waals surface area contributed by atoms with Crippen molar-refractivity contribution in [2.24, 2.45) is 4.40 Å². The van der Waals surface area contributed by atoms with Crippen molar-refractivity contribution in [1.82, 2.24) is 0 Å². The fraction of sp³-hybridized carbons (Fsp3) is 0.714. The molecule has 0 bridgehead atoms. The molecule has 1 atom stereocenters. The van der Waals surface area contributed by atoms with Gasteiger partial charge in [-0.15, -0.1) is 0 Å². The van der Waals surface area contributed by atoms with E-state index in [0.29, 0.717) is 12.2 Å². The van der Waals surface area contributed by atoms with Gasteiger partial charge in [0.05, 0.1) is 5.75 Å². The number of methoxy groups -OCH3 is 1. The first-order valence-corrected chi connectivity index (χ1v) is 4.59. The molecule has 0 aromatic rings. The van der Waals surface area contributed by atoms with Gasteiger partial charge in [0.15, 0.2) is 5.71 Å². The van der Waals surface area contributed by atoms with Gasteiger partial charge in [-0.05, 0) is 18.4 Å². The summed E-state index contributed by atoms with van der Waals surface area (Å²) in [6, 6.07) is 0. The molecule has 0 aliphatic carbocycles. The van der Waals surface area contributed by atoms with Crippen molar-refractivity contribution in [2.45, 2.75) is 18.9 Å². The van der Waals surface area contributed by atoms with Crippen LogP contribution in [-0.2, 0) is 9.53 Å². The van der Waals surface area contributed by atoms with E-state index in [9.17, 15) is 4.79 Å². The summed E-state index contributed by atoms with van der Waals surface area (Å²) in [5, 5.41) is 8.79. The minimum absolute atomic E-state index is 0.137. The summed E-state index contributed by atoms with van der Waals surface area (Å²) >= 11 is 1.25. The van der Waals surface area contributed by atoms with Crippen molar-refractivity contribution < 1.29 is 14.6 Å². The highest BCUT2D eigenvalue weighted by Gasteiger charge is 2.42. The quantitative estimate of drug-likeness (QED) is 0.672. The summed E-state index contributed by atoms with van der Waals surface area (Å²) in [5.41, 5.74) is -0.534. The molecule has 5 heteroatoms. The van der Waals surface area contributed by atoms with Crippen LogP contribution in [0.2, 0.25) is 0 Å². The molecule has 0 saturated heterocycles. The largest absolute Gasteiger partial charge is 0.477 e. The van der Waals surface area contributed by atoms with E-state index >= 15 is 0 Å².